The summed E-state index contributed by atoms with van der Waals surface area (Å²) >= 11 is 0. The summed E-state index contributed by atoms with van der Waals surface area (Å²) in [5.74, 6) is -0.392. The summed E-state index contributed by atoms with van der Waals surface area (Å²) in [5, 5.41) is 0. The van der Waals surface area contributed by atoms with Crippen LogP contribution in [0.1, 0.15) is 18.1 Å². The molecule has 0 saturated heterocycles. The fourth-order valence-electron chi connectivity index (χ4n) is 3.37. The first-order valence-electron chi connectivity index (χ1n) is 7.77. The topological polar surface area (TPSA) is 29.3 Å². The van der Waals surface area contributed by atoms with Gasteiger partial charge in [-0.3, -0.25) is 0 Å². The Kier molecular flexibility index (Phi) is 5.50. The molecule has 1 atom stereocenters. The van der Waals surface area contributed by atoms with Crippen molar-refractivity contribution in [2.75, 3.05) is 27.2 Å². The zero-order valence-corrected chi connectivity index (χ0v) is 13.9. The van der Waals surface area contributed by atoms with Crippen molar-refractivity contribution in [2.45, 2.75) is 12.3 Å². The van der Waals surface area contributed by atoms with Crippen LogP contribution in [-0.4, -0.2) is 32.1 Å². The third-order valence-electron chi connectivity index (χ3n) is 4.52. The zero-order valence-electron chi connectivity index (χ0n) is 13.9. The van der Waals surface area contributed by atoms with E-state index in [1.165, 1.54) is 24.3 Å². The van der Waals surface area contributed by atoms with Crippen LogP contribution in [0.2, 0.25) is 0 Å². The molecule has 0 aliphatic rings. The van der Waals surface area contributed by atoms with E-state index in [4.69, 9.17) is 5.73 Å². The van der Waals surface area contributed by atoms with E-state index in [0.29, 0.717) is 6.54 Å². The van der Waals surface area contributed by atoms with Crippen molar-refractivity contribution in [1.29, 1.82) is 0 Å². The number of halogens is 2. The van der Waals surface area contributed by atoms with E-state index in [9.17, 15) is 8.78 Å². The second-order valence-corrected chi connectivity index (χ2v) is 6.35. The fourth-order valence-corrected chi connectivity index (χ4v) is 3.37. The van der Waals surface area contributed by atoms with Gasteiger partial charge in [-0.2, -0.15) is 0 Å². The number of nitrogens with two attached hydrogens (primary N) is 1. The molecule has 124 valence electrons. The van der Waals surface area contributed by atoms with Gasteiger partial charge in [0.25, 0.3) is 0 Å². The summed E-state index contributed by atoms with van der Waals surface area (Å²) in [4.78, 5) is 2.10. The highest BCUT2D eigenvalue weighted by atomic mass is 19.1. The summed E-state index contributed by atoms with van der Waals surface area (Å²) in [6.45, 7) is 3.30. The normalized spacial score (nSPS) is 13.3. The number of benzene rings is 2. The number of hydrogen-bond acceptors (Lipinski definition) is 2. The van der Waals surface area contributed by atoms with Crippen LogP contribution < -0.4 is 5.73 Å². The van der Waals surface area contributed by atoms with E-state index in [2.05, 4.69) is 11.8 Å². The van der Waals surface area contributed by atoms with Gasteiger partial charge in [0.15, 0.2) is 0 Å². The fraction of sp³-hybridized carbons (Fsp3) is 0.368. The molecule has 23 heavy (non-hydrogen) atoms. The highest BCUT2D eigenvalue weighted by molar-refractivity contribution is 5.41. The van der Waals surface area contributed by atoms with Gasteiger partial charge in [-0.25, -0.2) is 8.78 Å². The summed E-state index contributed by atoms with van der Waals surface area (Å²) in [6, 6.07) is 12.9. The van der Waals surface area contributed by atoms with Crippen molar-refractivity contribution in [3.05, 3.63) is 71.3 Å². The van der Waals surface area contributed by atoms with Gasteiger partial charge in [-0.1, -0.05) is 31.2 Å². The molecule has 0 fully saturated rings. The van der Waals surface area contributed by atoms with E-state index in [1.807, 2.05) is 14.1 Å². The molecular formula is C19H24F2N2. The van der Waals surface area contributed by atoms with Crippen LogP contribution in [0.3, 0.4) is 0 Å². The lowest BCUT2D eigenvalue weighted by Gasteiger charge is -2.40. The summed E-state index contributed by atoms with van der Waals surface area (Å²) < 4.78 is 26.7. The third kappa shape index (κ3) is 3.59. The van der Waals surface area contributed by atoms with Crippen LogP contribution in [0.5, 0.6) is 0 Å². The first-order chi connectivity index (χ1) is 10.9. The Morgan fingerprint density at radius 2 is 1.30 bits per heavy atom. The Morgan fingerprint density at radius 3 is 1.61 bits per heavy atom. The summed E-state index contributed by atoms with van der Waals surface area (Å²) in [7, 11) is 4.01. The second kappa shape index (κ2) is 7.20. The monoisotopic (exact) mass is 318 g/mol. The first-order valence-corrected chi connectivity index (χ1v) is 7.77. The van der Waals surface area contributed by atoms with E-state index < -0.39 is 5.41 Å². The van der Waals surface area contributed by atoms with Crippen molar-refractivity contribution < 1.29 is 8.78 Å². The van der Waals surface area contributed by atoms with E-state index in [1.54, 1.807) is 24.3 Å². The molecule has 1 unspecified atom stereocenters. The molecule has 2 aromatic rings. The predicted octanol–water partition coefficient (Wildman–Crippen LogP) is 3.41. The van der Waals surface area contributed by atoms with Crippen molar-refractivity contribution in [1.82, 2.24) is 4.90 Å². The molecule has 4 heteroatoms. The first kappa shape index (κ1) is 17.6. The Balaban J connectivity index is 2.60. The van der Waals surface area contributed by atoms with Gasteiger partial charge in [-0.15, -0.1) is 0 Å². The molecule has 0 bridgehead atoms. The second-order valence-electron chi connectivity index (χ2n) is 6.35. The molecule has 0 aromatic heterocycles. The highest BCUT2D eigenvalue weighted by Gasteiger charge is 2.38. The maximum Gasteiger partial charge on any atom is 0.123 e. The van der Waals surface area contributed by atoms with Crippen LogP contribution >= 0.6 is 0 Å². The molecule has 0 radical (unpaired) electrons. The van der Waals surface area contributed by atoms with Gasteiger partial charge < -0.3 is 10.6 Å². The third-order valence-corrected chi connectivity index (χ3v) is 4.52. The van der Waals surface area contributed by atoms with Crippen LogP contribution in [-0.2, 0) is 5.41 Å². The van der Waals surface area contributed by atoms with Crippen molar-refractivity contribution in [2.24, 2.45) is 11.7 Å². The van der Waals surface area contributed by atoms with Gasteiger partial charge in [0.05, 0.1) is 0 Å². The number of rotatable bonds is 6. The lowest BCUT2D eigenvalue weighted by Crippen LogP contribution is -2.46. The molecule has 2 nitrogen and oxygen atoms in total. The molecular weight excluding hydrogens is 294 g/mol. The maximum atomic E-state index is 13.4. The zero-order chi connectivity index (χ0) is 17.0. The van der Waals surface area contributed by atoms with Gasteiger partial charge in [0.1, 0.15) is 11.6 Å². The van der Waals surface area contributed by atoms with Crippen molar-refractivity contribution in [3.8, 4) is 0 Å². The number of hydrogen-bond donors (Lipinski definition) is 1. The molecule has 0 saturated carbocycles. The van der Waals surface area contributed by atoms with Crippen molar-refractivity contribution >= 4 is 0 Å². The molecule has 0 amide bonds. The quantitative estimate of drug-likeness (QED) is 0.884. The minimum absolute atomic E-state index is 0.165. The predicted molar refractivity (Wildman–Crippen MR) is 90.4 cm³/mol. The SMILES string of the molecule is CC(CN(C)C)C(CN)(c1ccc(F)cc1)c1ccc(F)cc1. The van der Waals surface area contributed by atoms with Crippen LogP contribution in [0.4, 0.5) is 8.78 Å². The highest BCUT2D eigenvalue weighted by Crippen LogP contribution is 2.39. The van der Waals surface area contributed by atoms with E-state index >= 15 is 0 Å². The molecule has 2 N–H and O–H groups in total. The minimum atomic E-state index is -0.494. The average Bonchev–Trinajstić information content (AvgIpc) is 2.51. The van der Waals surface area contributed by atoms with E-state index in [-0.39, 0.29) is 17.6 Å². The average molecular weight is 318 g/mol. The smallest absolute Gasteiger partial charge is 0.123 e. The lowest BCUT2D eigenvalue weighted by atomic mass is 9.66. The lowest BCUT2D eigenvalue weighted by molar-refractivity contribution is 0.258. The molecule has 2 rings (SSSR count). The van der Waals surface area contributed by atoms with Crippen LogP contribution in [0, 0.1) is 17.6 Å². The van der Waals surface area contributed by atoms with Gasteiger partial charge in [-0.05, 0) is 55.4 Å². The molecule has 0 spiro atoms. The maximum absolute atomic E-state index is 13.4. The minimum Gasteiger partial charge on any atom is -0.329 e. The Labute approximate surface area is 136 Å². The summed E-state index contributed by atoms with van der Waals surface area (Å²) in [5.41, 5.74) is 7.62. The summed E-state index contributed by atoms with van der Waals surface area (Å²) in [6.07, 6.45) is 0. The van der Waals surface area contributed by atoms with Crippen LogP contribution in [0.15, 0.2) is 48.5 Å². The Hall–Kier alpha value is -1.78. The largest absolute Gasteiger partial charge is 0.329 e. The Bertz CT molecular complexity index is 575. The van der Waals surface area contributed by atoms with Gasteiger partial charge >= 0.3 is 0 Å². The molecule has 0 aliphatic carbocycles. The van der Waals surface area contributed by atoms with Gasteiger partial charge in [0, 0.05) is 18.5 Å². The van der Waals surface area contributed by atoms with Crippen molar-refractivity contribution in [3.63, 3.8) is 0 Å². The molecule has 2 aromatic carbocycles. The van der Waals surface area contributed by atoms with E-state index in [0.717, 1.165) is 17.7 Å². The standard InChI is InChI=1S/C19H24F2N2/c1-14(12-23(2)3)19(13-22,15-4-8-17(20)9-5-15)16-6-10-18(21)11-7-16/h4-11,14H,12-13,22H2,1-3H3. The molecule has 0 heterocycles. The molecule has 0 aliphatic heterocycles. The van der Waals surface area contributed by atoms with Crippen LogP contribution in [0.25, 0.3) is 0 Å². The number of nitrogens with zero attached hydrogens (tertiary/aromatic N) is 1. The van der Waals surface area contributed by atoms with Gasteiger partial charge in [0.2, 0.25) is 0 Å². The Morgan fingerprint density at radius 1 is 0.913 bits per heavy atom.